The molecule has 0 radical (unpaired) electrons. The summed E-state index contributed by atoms with van der Waals surface area (Å²) in [6, 6.07) is 0. The van der Waals surface area contributed by atoms with E-state index in [-0.39, 0.29) is 0 Å². The summed E-state index contributed by atoms with van der Waals surface area (Å²) in [5.41, 5.74) is -1.86. The summed E-state index contributed by atoms with van der Waals surface area (Å²) in [6.07, 6.45) is 3.55. The molecule has 66 valence electrons. The molecule has 0 aliphatic rings. The second-order valence-corrected chi connectivity index (χ2v) is 8.48. The standard InChI is InChI=1S/C5H13N2OPS2/c1-4-6-5-7-9(10,8-2)11-3/h5H,4H2,1-3H3,(H,6,7,10). The Morgan fingerprint density at radius 2 is 2.45 bits per heavy atom. The molecule has 1 atom stereocenters. The van der Waals surface area contributed by atoms with Crippen LogP contribution < -0.4 is 5.09 Å². The van der Waals surface area contributed by atoms with E-state index in [0.29, 0.717) is 0 Å². The molecule has 0 amide bonds. The maximum absolute atomic E-state index is 5.17. The van der Waals surface area contributed by atoms with Crippen molar-refractivity contribution in [2.45, 2.75) is 6.92 Å². The van der Waals surface area contributed by atoms with E-state index in [0.717, 1.165) is 6.54 Å². The highest BCUT2D eigenvalue weighted by Gasteiger charge is 2.10. The van der Waals surface area contributed by atoms with Gasteiger partial charge in [0.2, 0.25) is 5.62 Å². The molecule has 0 rings (SSSR count). The van der Waals surface area contributed by atoms with Crippen LogP contribution in [0, 0.1) is 0 Å². The molecule has 6 heteroatoms. The minimum atomic E-state index is -1.86. The molecular formula is C5H13N2OPS2. The van der Waals surface area contributed by atoms with Crippen molar-refractivity contribution in [3.8, 4) is 0 Å². The normalized spacial score (nSPS) is 16.6. The number of nitrogens with zero attached hydrogens (tertiary/aromatic N) is 1. The molecule has 0 heterocycles. The van der Waals surface area contributed by atoms with Gasteiger partial charge in [-0.1, -0.05) is 11.4 Å². The van der Waals surface area contributed by atoms with Crippen molar-refractivity contribution in [1.82, 2.24) is 5.09 Å². The Hall–Kier alpha value is 0.430. The van der Waals surface area contributed by atoms with Crippen LogP contribution in [0.15, 0.2) is 4.99 Å². The molecule has 0 spiro atoms. The van der Waals surface area contributed by atoms with Crippen molar-refractivity contribution in [3.05, 3.63) is 0 Å². The number of nitrogens with one attached hydrogen (secondary N) is 1. The Morgan fingerprint density at radius 1 is 1.82 bits per heavy atom. The topological polar surface area (TPSA) is 33.6 Å². The van der Waals surface area contributed by atoms with Crippen LogP contribution in [0.2, 0.25) is 0 Å². The highest BCUT2D eigenvalue weighted by Crippen LogP contribution is 2.53. The fourth-order valence-electron chi connectivity index (χ4n) is 0.383. The van der Waals surface area contributed by atoms with Crippen LogP contribution in [0.5, 0.6) is 0 Å². The lowest BCUT2D eigenvalue weighted by molar-refractivity contribution is 0.468. The maximum Gasteiger partial charge on any atom is 0.210 e. The molecule has 11 heavy (non-hydrogen) atoms. The molecule has 0 aliphatic carbocycles. The SMILES string of the molecule is CC/N=C/NP(=S)(OC)SC. The van der Waals surface area contributed by atoms with Gasteiger partial charge in [-0.3, -0.25) is 4.99 Å². The zero-order valence-electron chi connectivity index (χ0n) is 6.90. The van der Waals surface area contributed by atoms with Gasteiger partial charge in [-0.05, 0) is 25.0 Å². The van der Waals surface area contributed by atoms with Crippen LogP contribution in [-0.2, 0) is 16.3 Å². The van der Waals surface area contributed by atoms with Crippen molar-refractivity contribution in [2.75, 3.05) is 19.9 Å². The van der Waals surface area contributed by atoms with E-state index in [1.54, 1.807) is 13.4 Å². The quantitative estimate of drug-likeness (QED) is 0.428. The van der Waals surface area contributed by atoms with Gasteiger partial charge in [0, 0.05) is 13.7 Å². The first kappa shape index (κ1) is 11.4. The van der Waals surface area contributed by atoms with Crippen LogP contribution >= 0.6 is 17.0 Å². The number of rotatable bonds is 5. The predicted molar refractivity (Wildman–Crippen MR) is 57.0 cm³/mol. The van der Waals surface area contributed by atoms with E-state index in [1.165, 1.54) is 11.4 Å². The molecule has 0 aromatic heterocycles. The van der Waals surface area contributed by atoms with Crippen molar-refractivity contribution in [2.24, 2.45) is 4.99 Å². The lowest BCUT2D eigenvalue weighted by atomic mass is 10.8. The Kier molecular flexibility index (Phi) is 6.24. The third-order valence-electron chi connectivity index (χ3n) is 0.970. The molecule has 0 fully saturated rings. The van der Waals surface area contributed by atoms with Gasteiger partial charge in [-0.15, -0.1) is 0 Å². The van der Waals surface area contributed by atoms with Crippen molar-refractivity contribution < 1.29 is 4.52 Å². The first-order chi connectivity index (χ1) is 5.18. The molecule has 3 nitrogen and oxygen atoms in total. The summed E-state index contributed by atoms with van der Waals surface area (Å²) in [7, 11) is 1.62. The van der Waals surface area contributed by atoms with E-state index < -0.39 is 5.62 Å². The van der Waals surface area contributed by atoms with Crippen LogP contribution in [0.25, 0.3) is 0 Å². The minimum absolute atomic E-state index is 0.764. The summed E-state index contributed by atoms with van der Waals surface area (Å²) >= 11 is 6.69. The average Bonchev–Trinajstić information content (AvgIpc) is 2.05. The molecule has 0 aromatic rings. The lowest BCUT2D eigenvalue weighted by Gasteiger charge is -2.15. The summed E-state index contributed by atoms with van der Waals surface area (Å²) in [5.74, 6) is 0. The third kappa shape index (κ3) is 4.80. The van der Waals surface area contributed by atoms with Crippen LogP contribution in [0.1, 0.15) is 6.92 Å². The zero-order chi connectivity index (χ0) is 8.74. The van der Waals surface area contributed by atoms with E-state index >= 15 is 0 Å². The Bertz CT molecular complexity index is 166. The third-order valence-corrected chi connectivity index (χ3v) is 6.67. The lowest BCUT2D eigenvalue weighted by Crippen LogP contribution is -2.06. The first-order valence-electron chi connectivity index (χ1n) is 3.16. The fourth-order valence-corrected chi connectivity index (χ4v) is 2.01. The molecule has 0 saturated heterocycles. The fraction of sp³-hybridized carbons (Fsp3) is 0.800. The predicted octanol–water partition coefficient (Wildman–Crippen LogP) is 1.86. The summed E-state index contributed by atoms with van der Waals surface area (Å²) < 4.78 is 5.12. The Morgan fingerprint density at radius 3 is 2.82 bits per heavy atom. The molecule has 0 aliphatic heterocycles. The maximum atomic E-state index is 5.17. The van der Waals surface area contributed by atoms with Crippen LogP contribution in [-0.4, -0.2) is 26.2 Å². The van der Waals surface area contributed by atoms with Crippen molar-refractivity contribution in [1.29, 1.82) is 0 Å². The summed E-state index contributed by atoms with van der Waals surface area (Å²) in [6.45, 7) is 2.73. The summed E-state index contributed by atoms with van der Waals surface area (Å²) in [4.78, 5) is 3.98. The van der Waals surface area contributed by atoms with Gasteiger partial charge in [-0.2, -0.15) is 0 Å². The van der Waals surface area contributed by atoms with Crippen molar-refractivity contribution >= 4 is 35.1 Å². The highest BCUT2D eigenvalue weighted by atomic mass is 32.9. The zero-order valence-corrected chi connectivity index (χ0v) is 9.43. The first-order valence-corrected chi connectivity index (χ1v) is 7.71. The van der Waals surface area contributed by atoms with Crippen LogP contribution in [0.3, 0.4) is 0 Å². The number of aliphatic imine (C=N–C) groups is 1. The summed E-state index contributed by atoms with van der Waals surface area (Å²) in [5, 5.41) is 2.97. The van der Waals surface area contributed by atoms with Gasteiger partial charge >= 0.3 is 0 Å². The Labute approximate surface area is 76.9 Å². The minimum Gasteiger partial charge on any atom is -0.330 e. The molecule has 0 bridgehead atoms. The van der Waals surface area contributed by atoms with Gasteiger partial charge in [-0.25, -0.2) is 0 Å². The second-order valence-electron chi connectivity index (χ2n) is 1.62. The largest absolute Gasteiger partial charge is 0.330 e. The van der Waals surface area contributed by atoms with Gasteiger partial charge in [0.1, 0.15) is 0 Å². The average molecular weight is 212 g/mol. The Balaban J connectivity index is 3.88. The second kappa shape index (κ2) is 6.00. The van der Waals surface area contributed by atoms with E-state index in [9.17, 15) is 0 Å². The highest BCUT2D eigenvalue weighted by molar-refractivity contribution is 8.68. The monoisotopic (exact) mass is 212 g/mol. The van der Waals surface area contributed by atoms with Crippen LogP contribution in [0.4, 0.5) is 0 Å². The van der Waals surface area contributed by atoms with Gasteiger partial charge in [0.25, 0.3) is 0 Å². The molecule has 0 aromatic carbocycles. The van der Waals surface area contributed by atoms with E-state index in [2.05, 4.69) is 10.1 Å². The van der Waals surface area contributed by atoms with Gasteiger partial charge < -0.3 is 9.61 Å². The molecule has 1 N–H and O–H groups in total. The van der Waals surface area contributed by atoms with Crippen molar-refractivity contribution in [3.63, 3.8) is 0 Å². The molecule has 1 unspecified atom stereocenters. The smallest absolute Gasteiger partial charge is 0.210 e. The van der Waals surface area contributed by atoms with E-state index in [1.807, 2.05) is 13.2 Å². The van der Waals surface area contributed by atoms with Gasteiger partial charge in [0.15, 0.2) is 0 Å². The number of hydrogen-bond donors (Lipinski definition) is 1. The van der Waals surface area contributed by atoms with Gasteiger partial charge in [0.05, 0.1) is 6.34 Å². The number of hydrogen-bond acceptors (Lipinski definition) is 4. The van der Waals surface area contributed by atoms with E-state index in [4.69, 9.17) is 16.3 Å². The molecular weight excluding hydrogens is 199 g/mol. The molecule has 0 saturated carbocycles.